The van der Waals surface area contributed by atoms with Gasteiger partial charge in [-0.2, -0.15) is 0 Å². The molecular weight excluding hydrogens is 821 g/mol. The van der Waals surface area contributed by atoms with Crippen LogP contribution in [0.4, 0.5) is 4.79 Å². The Morgan fingerprint density at radius 2 is 1.69 bits per heavy atom. The average molecular weight is 897 g/mol. The highest BCUT2D eigenvalue weighted by Crippen LogP contribution is 2.33. The summed E-state index contributed by atoms with van der Waals surface area (Å²) in [7, 11) is 1.64. The maximum atomic E-state index is 14.1. The Balaban J connectivity index is 1.64. The maximum absolute atomic E-state index is 14.1. The number of aliphatic hydroxyl groups excluding tert-OH is 2. The van der Waals surface area contributed by atoms with Gasteiger partial charge in [-0.25, -0.2) is 4.79 Å². The van der Waals surface area contributed by atoms with E-state index in [0.29, 0.717) is 57.1 Å². The van der Waals surface area contributed by atoms with Crippen molar-refractivity contribution in [3.05, 3.63) is 58.0 Å². The van der Waals surface area contributed by atoms with Crippen LogP contribution < -0.4 is 11.5 Å². The van der Waals surface area contributed by atoms with Gasteiger partial charge in [0.15, 0.2) is 5.78 Å². The first kappa shape index (κ1) is 52.7. The number of piperidine rings is 1. The van der Waals surface area contributed by atoms with E-state index in [4.69, 9.17) is 30.4 Å². The van der Waals surface area contributed by atoms with Crippen molar-refractivity contribution < 1.29 is 48.3 Å². The molecule has 0 spiro atoms. The van der Waals surface area contributed by atoms with Gasteiger partial charge in [-0.05, 0) is 132 Å². The fourth-order valence-electron chi connectivity index (χ4n) is 9.86. The molecule has 16 heteroatoms. The van der Waals surface area contributed by atoms with E-state index in [1.807, 2.05) is 51.2 Å². The van der Waals surface area contributed by atoms with Crippen molar-refractivity contribution in [3.63, 3.8) is 0 Å². The number of fused-ring (bicyclic) bond motifs is 3. The van der Waals surface area contributed by atoms with Gasteiger partial charge in [0.1, 0.15) is 24.4 Å². The Labute approximate surface area is 379 Å². The number of amides is 2. The minimum Gasteiger partial charge on any atom is -0.446 e. The minimum atomic E-state index is -1.66. The van der Waals surface area contributed by atoms with E-state index < -0.39 is 77.9 Å². The van der Waals surface area contributed by atoms with E-state index in [9.17, 15) is 34.9 Å². The van der Waals surface area contributed by atoms with Crippen molar-refractivity contribution in [1.82, 2.24) is 4.90 Å². The van der Waals surface area contributed by atoms with Crippen LogP contribution in [-0.2, 0) is 33.3 Å². The number of carbonyl (C=O) groups is 4. The number of aliphatic hydroxyl groups is 2. The number of rotatable bonds is 6. The number of allylic oxidation sites excluding steroid dienone is 5. The molecule has 12 atom stereocenters. The molecule has 2 amide bonds. The number of carbonyl (C=O) groups excluding carboxylic acids is 4. The largest absolute Gasteiger partial charge is 0.446 e. The van der Waals surface area contributed by atoms with Crippen LogP contribution in [0, 0.1) is 23.7 Å². The molecule has 0 aromatic carbocycles. The third-order valence-electron chi connectivity index (χ3n) is 13.8. The molecule has 0 aromatic heterocycles. The Morgan fingerprint density at radius 1 is 0.953 bits per heavy atom. The number of ether oxygens (including phenoxy) is 4. The van der Waals surface area contributed by atoms with Crippen LogP contribution in [0.1, 0.15) is 125 Å². The topological polar surface area (TPSA) is 250 Å². The first-order valence-corrected chi connectivity index (χ1v) is 23.5. The second-order valence-corrected chi connectivity index (χ2v) is 18.9. The van der Waals surface area contributed by atoms with Crippen LogP contribution in [0.25, 0.3) is 10.4 Å². The second-order valence-electron chi connectivity index (χ2n) is 18.9. The molecule has 4 aliphatic rings. The first-order valence-electron chi connectivity index (χ1n) is 23.5. The number of nitrogens with zero attached hydrogens (tertiary/aromatic N) is 4. The minimum absolute atomic E-state index is 0.00111. The Kier molecular flexibility index (Phi) is 21.7. The molecule has 0 aromatic rings. The molecule has 2 bridgehead atoms. The molecule has 3 fully saturated rings. The van der Waals surface area contributed by atoms with E-state index in [-0.39, 0.29) is 43.2 Å². The predicted molar refractivity (Wildman–Crippen MR) is 244 cm³/mol. The fourth-order valence-corrected chi connectivity index (χ4v) is 9.86. The molecule has 1 aliphatic carbocycles. The summed E-state index contributed by atoms with van der Waals surface area (Å²) in [5.74, 6) is -2.41. The number of ketones is 2. The van der Waals surface area contributed by atoms with Crippen LogP contribution in [0.2, 0.25) is 0 Å². The van der Waals surface area contributed by atoms with Gasteiger partial charge < -0.3 is 45.5 Å². The lowest BCUT2D eigenvalue weighted by atomic mass is 9.81. The summed E-state index contributed by atoms with van der Waals surface area (Å²) in [6.07, 6.45) is 13.9. The number of primary amides is 1. The Morgan fingerprint density at radius 3 is 2.38 bits per heavy atom. The van der Waals surface area contributed by atoms with Gasteiger partial charge in [-0.3, -0.25) is 14.4 Å². The normalized spacial score (nSPS) is 38.2. The highest BCUT2D eigenvalue weighted by molar-refractivity contribution is 6.37. The van der Waals surface area contributed by atoms with Crippen molar-refractivity contribution in [3.8, 4) is 0 Å². The standard InChI is InChI=1S/C48H76N6O10/c1-29-13-8-7-9-14-30(2)41(61-6)26-37-16-12-17-40(63-37)45(57)47(59)54-22-11-10-15-35(54)28-62-42(38(49)25-34-18-20-36(21-19-34)64-48(50)60)27-39(52-53-51)31(3)24-33(5)44(56)46(58)43(55)32(4)23-29/h7-9,13-14,24,29,31-32,34-42,44,46,56,58H,10-12,15-23,25-28,49H2,1-6H3,(H2,50,60)/b9-7+,13-8+,30-14+,33-24+/t29-,31?,32-,34-,35+,36-,37+,38-,39?,40?,41+,42+,44-,46+/m1/s1. The molecule has 4 rings (SSSR count). The zero-order valence-electron chi connectivity index (χ0n) is 39.0. The summed E-state index contributed by atoms with van der Waals surface area (Å²) >= 11 is 0. The lowest BCUT2D eigenvalue weighted by Gasteiger charge is -2.39. The average Bonchev–Trinajstić information content (AvgIpc) is 3.27. The van der Waals surface area contributed by atoms with E-state index in [1.165, 1.54) is 0 Å². The van der Waals surface area contributed by atoms with E-state index >= 15 is 0 Å². The number of Topliss-reactive ketones (excluding diaryl/α,β-unsaturated/α-hetero) is 2. The number of hydrogen-bond acceptors (Lipinski definition) is 12. The molecule has 0 radical (unpaired) electrons. The summed E-state index contributed by atoms with van der Waals surface area (Å²) in [6.45, 7) is 9.67. The van der Waals surface area contributed by atoms with Crippen LogP contribution in [0.3, 0.4) is 0 Å². The van der Waals surface area contributed by atoms with Crippen molar-refractivity contribution in [2.24, 2.45) is 40.3 Å². The second kappa shape index (κ2) is 26.3. The quantitative estimate of drug-likeness (QED) is 0.0717. The molecule has 2 saturated heterocycles. The van der Waals surface area contributed by atoms with Crippen LogP contribution in [0.15, 0.2) is 52.7 Å². The van der Waals surface area contributed by atoms with E-state index in [2.05, 4.69) is 10.0 Å². The monoisotopic (exact) mass is 897 g/mol. The predicted octanol–water partition coefficient (Wildman–Crippen LogP) is 6.71. The Bertz CT molecular complexity index is 1720. The van der Waals surface area contributed by atoms with Gasteiger partial charge in [0, 0.05) is 43.0 Å². The van der Waals surface area contributed by atoms with Gasteiger partial charge in [0.25, 0.3) is 5.91 Å². The number of nitrogens with two attached hydrogens (primary N) is 2. The van der Waals surface area contributed by atoms with E-state index in [0.717, 1.165) is 44.1 Å². The van der Waals surface area contributed by atoms with Crippen molar-refractivity contribution in [2.45, 2.75) is 185 Å². The van der Waals surface area contributed by atoms with Crippen LogP contribution >= 0.6 is 0 Å². The lowest BCUT2D eigenvalue weighted by Crippen LogP contribution is -2.53. The summed E-state index contributed by atoms with van der Waals surface area (Å²) in [4.78, 5) is 57.6. The number of methoxy groups -OCH3 is 1. The lowest BCUT2D eigenvalue weighted by molar-refractivity contribution is -0.159. The maximum Gasteiger partial charge on any atom is 0.404 e. The zero-order chi connectivity index (χ0) is 46.9. The molecule has 3 aliphatic heterocycles. The molecule has 16 nitrogen and oxygen atoms in total. The summed E-state index contributed by atoms with van der Waals surface area (Å²) in [5, 5.41) is 26.5. The molecule has 358 valence electrons. The molecule has 3 unspecified atom stereocenters. The van der Waals surface area contributed by atoms with Gasteiger partial charge in [-0.15, -0.1) is 0 Å². The fraction of sp³-hybridized carbons (Fsp3) is 0.750. The third-order valence-corrected chi connectivity index (χ3v) is 13.8. The van der Waals surface area contributed by atoms with Crippen molar-refractivity contribution >= 4 is 23.6 Å². The molecule has 6 N–H and O–H groups in total. The van der Waals surface area contributed by atoms with Crippen molar-refractivity contribution in [2.75, 3.05) is 20.3 Å². The molecule has 64 heavy (non-hydrogen) atoms. The molecule has 3 heterocycles. The summed E-state index contributed by atoms with van der Waals surface area (Å²) in [5.41, 5.74) is 23.3. The SMILES string of the molecule is CO[C@H]1C[C@@H]2CCCC(O2)C(=O)C(=O)N2CCCC[C@H]2CO[C@H]([C@H](N)C[C@H]2CC[C@H](OC(N)=O)CC2)CC(N=[N+]=[N-])C(C)/C=C(\C)[C@@H](O)[C@@H](O)C(=O)[C@H](C)C[C@H](C)/C=C/C=C/C=C/1C. The number of azide groups is 1. The summed E-state index contributed by atoms with van der Waals surface area (Å²) in [6, 6.07) is -1.62. The van der Waals surface area contributed by atoms with Gasteiger partial charge in [0.05, 0.1) is 31.0 Å². The first-order chi connectivity index (χ1) is 30.5. The van der Waals surface area contributed by atoms with Gasteiger partial charge in [-0.1, -0.05) is 62.3 Å². The third kappa shape index (κ3) is 15.9. The Hall–Kier alpha value is -3.89. The van der Waals surface area contributed by atoms with Crippen molar-refractivity contribution in [1.29, 1.82) is 0 Å². The van der Waals surface area contributed by atoms with Gasteiger partial charge in [0.2, 0.25) is 5.78 Å². The zero-order valence-corrected chi connectivity index (χ0v) is 39.0. The van der Waals surface area contributed by atoms with E-state index in [1.54, 1.807) is 31.9 Å². The summed E-state index contributed by atoms with van der Waals surface area (Å²) < 4.78 is 24.1. The number of hydrogen-bond donors (Lipinski definition) is 4. The van der Waals surface area contributed by atoms with Crippen LogP contribution in [0.5, 0.6) is 0 Å². The highest BCUT2D eigenvalue weighted by Gasteiger charge is 2.39. The van der Waals surface area contributed by atoms with Crippen LogP contribution in [-0.4, -0.2) is 120 Å². The smallest absolute Gasteiger partial charge is 0.404 e. The molecule has 1 saturated carbocycles. The van der Waals surface area contributed by atoms with Gasteiger partial charge >= 0.3 is 6.09 Å². The highest BCUT2D eigenvalue weighted by atomic mass is 16.6. The molecular formula is C48H76N6O10.